The average Bonchev–Trinajstić information content (AvgIpc) is 3.06. The summed E-state index contributed by atoms with van der Waals surface area (Å²) in [5.41, 5.74) is 7.04. The minimum absolute atomic E-state index is 0.0257. The summed E-state index contributed by atoms with van der Waals surface area (Å²) in [5, 5.41) is 3.53. The molecule has 7 nitrogen and oxygen atoms in total. The van der Waals surface area contributed by atoms with Gasteiger partial charge in [0.2, 0.25) is 11.8 Å². The van der Waals surface area contributed by atoms with Crippen molar-refractivity contribution >= 4 is 23.4 Å². The van der Waals surface area contributed by atoms with E-state index in [9.17, 15) is 9.59 Å². The Hall–Kier alpha value is -1.67. The number of halogens is 1. The standard InChI is InChI=1S/C18H25ClN4O3/c1-12-7-16(22-21-12)18(25)23-5-6-26-11-15(23)9-17(24)20-10-13-3-2-4-14(19)8-13/h2-4,8,12,15-16,21-22H,5-7,9-11H2,1H3,(H,20,24). The lowest BCUT2D eigenvalue weighted by atomic mass is 10.1. The highest BCUT2D eigenvalue weighted by Gasteiger charge is 2.35. The maximum atomic E-state index is 12.8. The minimum Gasteiger partial charge on any atom is -0.377 e. The first-order valence-electron chi connectivity index (χ1n) is 8.93. The van der Waals surface area contributed by atoms with E-state index in [4.69, 9.17) is 16.3 Å². The normalized spacial score (nSPS) is 25.9. The third-order valence-electron chi connectivity index (χ3n) is 4.70. The SMILES string of the molecule is CC1CC(C(=O)N2CCOCC2CC(=O)NCc2cccc(Cl)c2)NN1. The van der Waals surface area contributed by atoms with Gasteiger partial charge in [-0.2, -0.15) is 0 Å². The van der Waals surface area contributed by atoms with Crippen molar-refractivity contribution in [3.8, 4) is 0 Å². The molecule has 1 aromatic carbocycles. The van der Waals surface area contributed by atoms with E-state index in [-0.39, 0.29) is 36.4 Å². The van der Waals surface area contributed by atoms with Gasteiger partial charge >= 0.3 is 0 Å². The van der Waals surface area contributed by atoms with E-state index in [0.29, 0.717) is 31.3 Å². The zero-order valence-corrected chi connectivity index (χ0v) is 15.6. The monoisotopic (exact) mass is 380 g/mol. The third-order valence-corrected chi connectivity index (χ3v) is 4.94. The Morgan fingerprint density at radius 1 is 1.38 bits per heavy atom. The van der Waals surface area contributed by atoms with Gasteiger partial charge in [0.1, 0.15) is 6.04 Å². The van der Waals surface area contributed by atoms with Gasteiger partial charge in [-0.1, -0.05) is 23.7 Å². The molecule has 2 aliphatic rings. The van der Waals surface area contributed by atoms with Crippen LogP contribution < -0.4 is 16.2 Å². The van der Waals surface area contributed by atoms with Crippen molar-refractivity contribution in [3.63, 3.8) is 0 Å². The fourth-order valence-corrected chi connectivity index (χ4v) is 3.54. The highest BCUT2D eigenvalue weighted by molar-refractivity contribution is 6.30. The molecule has 0 bridgehead atoms. The van der Waals surface area contributed by atoms with Crippen LogP contribution in [0.4, 0.5) is 0 Å². The van der Waals surface area contributed by atoms with E-state index in [0.717, 1.165) is 12.0 Å². The van der Waals surface area contributed by atoms with Crippen LogP contribution in [0.3, 0.4) is 0 Å². The van der Waals surface area contributed by atoms with Gasteiger partial charge in [-0.25, -0.2) is 5.43 Å². The van der Waals surface area contributed by atoms with Crippen LogP contribution in [0.2, 0.25) is 5.02 Å². The molecule has 2 saturated heterocycles. The summed E-state index contributed by atoms with van der Waals surface area (Å²) in [5.74, 6) is -0.0815. The highest BCUT2D eigenvalue weighted by atomic mass is 35.5. The van der Waals surface area contributed by atoms with Gasteiger partial charge in [-0.15, -0.1) is 0 Å². The lowest BCUT2D eigenvalue weighted by Crippen LogP contribution is -2.55. The molecule has 0 aliphatic carbocycles. The number of benzene rings is 1. The third kappa shape index (κ3) is 4.94. The quantitative estimate of drug-likeness (QED) is 0.704. The molecule has 2 aliphatic heterocycles. The second-order valence-electron chi connectivity index (χ2n) is 6.85. The Labute approximate surface area is 158 Å². The number of nitrogens with zero attached hydrogens (tertiary/aromatic N) is 1. The van der Waals surface area contributed by atoms with Gasteiger partial charge in [0.15, 0.2) is 0 Å². The molecule has 3 unspecified atom stereocenters. The second-order valence-corrected chi connectivity index (χ2v) is 7.29. The van der Waals surface area contributed by atoms with E-state index >= 15 is 0 Å². The van der Waals surface area contributed by atoms with Crippen molar-refractivity contribution in [2.45, 2.75) is 44.4 Å². The number of amides is 2. The van der Waals surface area contributed by atoms with Crippen molar-refractivity contribution in [1.82, 2.24) is 21.1 Å². The van der Waals surface area contributed by atoms with Crippen molar-refractivity contribution in [3.05, 3.63) is 34.9 Å². The maximum Gasteiger partial charge on any atom is 0.241 e. The van der Waals surface area contributed by atoms with E-state index in [2.05, 4.69) is 16.2 Å². The topological polar surface area (TPSA) is 82.7 Å². The van der Waals surface area contributed by atoms with Gasteiger partial charge in [-0.3, -0.25) is 15.0 Å². The summed E-state index contributed by atoms with van der Waals surface area (Å²) in [4.78, 5) is 26.9. The van der Waals surface area contributed by atoms with Crippen LogP contribution in [0.1, 0.15) is 25.3 Å². The number of nitrogens with one attached hydrogen (secondary N) is 3. The lowest BCUT2D eigenvalue weighted by molar-refractivity contribution is -0.143. The minimum atomic E-state index is -0.250. The summed E-state index contributed by atoms with van der Waals surface area (Å²) in [6.45, 7) is 3.83. The smallest absolute Gasteiger partial charge is 0.241 e. The zero-order chi connectivity index (χ0) is 18.5. The Morgan fingerprint density at radius 3 is 2.96 bits per heavy atom. The van der Waals surface area contributed by atoms with Crippen LogP contribution in [0.25, 0.3) is 0 Å². The predicted octanol–water partition coefficient (Wildman–Crippen LogP) is 0.829. The zero-order valence-electron chi connectivity index (χ0n) is 14.8. The van der Waals surface area contributed by atoms with Crippen molar-refractivity contribution in [1.29, 1.82) is 0 Å². The van der Waals surface area contributed by atoms with Gasteiger partial charge in [0.25, 0.3) is 0 Å². The van der Waals surface area contributed by atoms with Crippen molar-refractivity contribution < 1.29 is 14.3 Å². The number of hydrogen-bond acceptors (Lipinski definition) is 5. The van der Waals surface area contributed by atoms with Crippen molar-refractivity contribution in [2.24, 2.45) is 0 Å². The molecule has 8 heteroatoms. The molecule has 26 heavy (non-hydrogen) atoms. The van der Waals surface area contributed by atoms with Crippen LogP contribution in [0.15, 0.2) is 24.3 Å². The van der Waals surface area contributed by atoms with E-state index < -0.39 is 0 Å². The molecule has 2 amide bonds. The lowest BCUT2D eigenvalue weighted by Gasteiger charge is -2.36. The molecule has 142 valence electrons. The first kappa shape index (κ1) is 19.1. The molecule has 3 atom stereocenters. The van der Waals surface area contributed by atoms with Crippen LogP contribution in [-0.4, -0.2) is 54.6 Å². The summed E-state index contributed by atoms with van der Waals surface area (Å²) in [6.07, 6.45) is 0.964. The number of ether oxygens (including phenoxy) is 1. The maximum absolute atomic E-state index is 12.8. The van der Waals surface area contributed by atoms with E-state index in [1.165, 1.54) is 0 Å². The highest BCUT2D eigenvalue weighted by Crippen LogP contribution is 2.16. The summed E-state index contributed by atoms with van der Waals surface area (Å²) >= 11 is 5.96. The van der Waals surface area contributed by atoms with E-state index in [1.807, 2.05) is 25.1 Å². The predicted molar refractivity (Wildman–Crippen MR) is 98.4 cm³/mol. The molecule has 2 fully saturated rings. The number of rotatable bonds is 5. The molecule has 1 aromatic rings. The average molecular weight is 381 g/mol. The molecule has 0 aromatic heterocycles. The van der Waals surface area contributed by atoms with E-state index in [1.54, 1.807) is 11.0 Å². The van der Waals surface area contributed by atoms with Crippen LogP contribution in [0, 0.1) is 0 Å². The fourth-order valence-electron chi connectivity index (χ4n) is 3.32. The van der Waals surface area contributed by atoms with Crippen LogP contribution in [0.5, 0.6) is 0 Å². The largest absolute Gasteiger partial charge is 0.377 e. The number of carbonyl (C=O) groups excluding carboxylic acids is 2. The molecular weight excluding hydrogens is 356 g/mol. The van der Waals surface area contributed by atoms with Gasteiger partial charge in [0, 0.05) is 30.6 Å². The first-order chi connectivity index (χ1) is 12.5. The Morgan fingerprint density at radius 2 is 2.23 bits per heavy atom. The molecule has 0 saturated carbocycles. The Bertz CT molecular complexity index is 657. The van der Waals surface area contributed by atoms with Gasteiger partial charge in [-0.05, 0) is 31.0 Å². The molecule has 0 spiro atoms. The number of morpholine rings is 1. The fraction of sp³-hybridized carbons (Fsp3) is 0.556. The van der Waals surface area contributed by atoms with Crippen molar-refractivity contribution in [2.75, 3.05) is 19.8 Å². The summed E-state index contributed by atoms with van der Waals surface area (Å²) < 4.78 is 5.50. The van der Waals surface area contributed by atoms with Crippen LogP contribution in [-0.2, 0) is 20.9 Å². The van der Waals surface area contributed by atoms with Gasteiger partial charge < -0.3 is 15.0 Å². The molecule has 3 N–H and O–H groups in total. The molecule has 2 heterocycles. The first-order valence-corrected chi connectivity index (χ1v) is 9.31. The Kier molecular flexibility index (Phi) is 6.48. The second kappa shape index (κ2) is 8.81. The summed E-state index contributed by atoms with van der Waals surface area (Å²) in [6, 6.07) is 7.14. The molecule has 0 radical (unpaired) electrons. The number of carbonyl (C=O) groups is 2. The molecule has 3 rings (SSSR count). The van der Waals surface area contributed by atoms with Crippen LogP contribution >= 0.6 is 11.6 Å². The Balaban J connectivity index is 1.54. The summed E-state index contributed by atoms with van der Waals surface area (Å²) in [7, 11) is 0. The van der Waals surface area contributed by atoms with Gasteiger partial charge in [0.05, 0.1) is 19.3 Å². The number of hydrazine groups is 1. The molecular formula is C18H25ClN4O3. The number of hydrogen-bond donors (Lipinski definition) is 3.